The van der Waals surface area contributed by atoms with Crippen molar-refractivity contribution in [3.05, 3.63) is 60.5 Å². The van der Waals surface area contributed by atoms with Crippen molar-refractivity contribution in [1.29, 1.82) is 0 Å². The van der Waals surface area contributed by atoms with Crippen LogP contribution in [0.3, 0.4) is 0 Å². The van der Waals surface area contributed by atoms with Crippen LogP contribution in [0.15, 0.2) is 59.8 Å². The van der Waals surface area contributed by atoms with E-state index in [0.717, 1.165) is 30.5 Å². The predicted molar refractivity (Wildman–Crippen MR) is 100 cm³/mol. The molecule has 25 heavy (non-hydrogen) atoms. The lowest BCUT2D eigenvalue weighted by molar-refractivity contribution is 0.212. The number of amidine groups is 1. The average Bonchev–Trinajstić information content (AvgIpc) is 2.61. The second-order valence-electron chi connectivity index (χ2n) is 5.40. The number of fused-ring (bicyclic) bond motifs is 1. The molecule has 0 radical (unpaired) electrons. The van der Waals surface area contributed by atoms with Crippen LogP contribution in [-0.4, -0.2) is 22.3 Å². The van der Waals surface area contributed by atoms with Crippen molar-refractivity contribution in [2.75, 3.05) is 6.54 Å². The fraction of sp³-hybridized carbons (Fsp3) is 0.278. The van der Waals surface area contributed by atoms with Gasteiger partial charge in [0.1, 0.15) is 12.4 Å². The van der Waals surface area contributed by atoms with Crippen LogP contribution in [-0.2, 0) is 11.3 Å². The van der Waals surface area contributed by atoms with Gasteiger partial charge in [-0.05, 0) is 30.7 Å². The van der Waals surface area contributed by atoms with Gasteiger partial charge in [0.2, 0.25) is 0 Å². The molecule has 0 saturated carbocycles. The fourth-order valence-corrected chi connectivity index (χ4v) is 2.13. The van der Waals surface area contributed by atoms with E-state index in [2.05, 4.69) is 33.8 Å². The van der Waals surface area contributed by atoms with E-state index in [-0.39, 0.29) is 12.4 Å². The normalized spacial score (nSPS) is 12.2. The summed E-state index contributed by atoms with van der Waals surface area (Å²) >= 11 is 0. The minimum absolute atomic E-state index is 0.176. The second kappa shape index (κ2) is 9.27. The van der Waals surface area contributed by atoms with Crippen LogP contribution in [0, 0.1) is 0 Å². The molecule has 7 nitrogen and oxygen atoms in total. The summed E-state index contributed by atoms with van der Waals surface area (Å²) in [7, 11) is 0. The predicted octanol–water partition coefficient (Wildman–Crippen LogP) is 2.16. The lowest BCUT2D eigenvalue weighted by atomic mass is 10.2. The molecule has 7 heteroatoms. The molecule has 0 atom stereocenters. The smallest absolute Gasteiger partial charge is 0.177 e. The molecule has 0 fully saturated rings. The number of hydrogen-bond donors (Lipinski definition) is 3. The van der Waals surface area contributed by atoms with Gasteiger partial charge in [0, 0.05) is 24.3 Å². The Labute approximate surface area is 147 Å². The molecule has 5 N–H and O–H groups in total. The Morgan fingerprint density at radius 1 is 1.40 bits per heavy atom. The summed E-state index contributed by atoms with van der Waals surface area (Å²) in [5.41, 5.74) is 12.7. The summed E-state index contributed by atoms with van der Waals surface area (Å²) in [6.07, 6.45) is 5.10. The topological polar surface area (TPSA) is 111 Å². The number of nitrogens with two attached hydrogens (primary N) is 2. The summed E-state index contributed by atoms with van der Waals surface area (Å²) in [4.78, 5) is 12.9. The molecule has 0 aliphatic rings. The standard InChI is InChI=1S/C18H24N6O/c1-3-4-9-22-18(23-13(2)20)16(11-19)25-12-15-8-7-14-6-5-10-21-17(14)24-15/h5-8,10-11H,2-4,9,12,19-20H2,1H3,(H,22,23)/b16-11+. The molecule has 0 bridgehead atoms. The van der Waals surface area contributed by atoms with Gasteiger partial charge in [0.05, 0.1) is 5.69 Å². The lowest BCUT2D eigenvalue weighted by Gasteiger charge is -2.14. The molecule has 0 aliphatic carbocycles. The van der Waals surface area contributed by atoms with Crippen LogP contribution in [0.4, 0.5) is 0 Å². The third kappa shape index (κ3) is 5.49. The molecule has 2 aromatic rings. The first-order chi connectivity index (χ1) is 12.1. The van der Waals surface area contributed by atoms with Crippen LogP contribution >= 0.6 is 0 Å². The Kier molecular flexibility index (Phi) is 6.76. The highest BCUT2D eigenvalue weighted by Crippen LogP contribution is 2.11. The number of ether oxygens (including phenoxy) is 1. The quantitative estimate of drug-likeness (QED) is 0.294. The van der Waals surface area contributed by atoms with E-state index >= 15 is 0 Å². The average molecular weight is 340 g/mol. The van der Waals surface area contributed by atoms with Gasteiger partial charge in [-0.2, -0.15) is 0 Å². The molecule has 0 unspecified atom stereocenters. The zero-order chi connectivity index (χ0) is 18.1. The second-order valence-corrected chi connectivity index (χ2v) is 5.40. The summed E-state index contributed by atoms with van der Waals surface area (Å²) in [5.74, 6) is 1.03. The van der Waals surface area contributed by atoms with Crippen molar-refractivity contribution in [2.24, 2.45) is 16.5 Å². The number of nitrogens with zero attached hydrogens (tertiary/aromatic N) is 3. The van der Waals surface area contributed by atoms with Gasteiger partial charge in [-0.3, -0.25) is 0 Å². The highest BCUT2D eigenvalue weighted by atomic mass is 16.5. The van der Waals surface area contributed by atoms with Crippen molar-refractivity contribution in [1.82, 2.24) is 15.3 Å². The van der Waals surface area contributed by atoms with Gasteiger partial charge in [0.25, 0.3) is 0 Å². The zero-order valence-electron chi connectivity index (χ0n) is 14.4. The largest absolute Gasteiger partial charge is 0.482 e. The van der Waals surface area contributed by atoms with E-state index in [0.29, 0.717) is 17.2 Å². The first-order valence-electron chi connectivity index (χ1n) is 8.16. The van der Waals surface area contributed by atoms with Gasteiger partial charge >= 0.3 is 0 Å². The fourth-order valence-electron chi connectivity index (χ4n) is 2.13. The maximum absolute atomic E-state index is 5.78. The third-order valence-corrected chi connectivity index (χ3v) is 3.36. The number of nitrogens with one attached hydrogen (secondary N) is 1. The molecular weight excluding hydrogens is 316 g/mol. The van der Waals surface area contributed by atoms with E-state index in [1.807, 2.05) is 24.3 Å². The maximum Gasteiger partial charge on any atom is 0.177 e. The van der Waals surface area contributed by atoms with E-state index in [9.17, 15) is 0 Å². The zero-order valence-corrected chi connectivity index (χ0v) is 14.4. The van der Waals surface area contributed by atoms with Gasteiger partial charge in [-0.1, -0.05) is 19.9 Å². The molecule has 0 aliphatic heterocycles. The number of unbranched alkanes of at least 4 members (excludes halogenated alkanes) is 1. The Morgan fingerprint density at radius 3 is 2.96 bits per heavy atom. The Hall–Kier alpha value is -3.09. The van der Waals surface area contributed by atoms with Crippen molar-refractivity contribution in [3.63, 3.8) is 0 Å². The van der Waals surface area contributed by atoms with Crippen LogP contribution in [0.1, 0.15) is 25.5 Å². The summed E-state index contributed by atoms with van der Waals surface area (Å²) < 4.78 is 5.78. The molecule has 2 aromatic heterocycles. The number of pyridine rings is 2. The molecule has 132 valence electrons. The molecule has 0 spiro atoms. The van der Waals surface area contributed by atoms with E-state index in [4.69, 9.17) is 16.2 Å². The molecule has 0 saturated heterocycles. The van der Waals surface area contributed by atoms with Crippen LogP contribution < -0.4 is 16.8 Å². The SMILES string of the molecule is C=C(N)/N=C(NCCCC)\C(=C/N)OCc1ccc2cccnc2n1. The maximum atomic E-state index is 5.78. The molecule has 0 aromatic carbocycles. The van der Waals surface area contributed by atoms with E-state index in [1.54, 1.807) is 6.20 Å². The van der Waals surface area contributed by atoms with Crippen LogP contribution in [0.5, 0.6) is 0 Å². The lowest BCUT2D eigenvalue weighted by Crippen LogP contribution is -2.28. The molecule has 2 heterocycles. The number of aromatic nitrogens is 2. The molecular formula is C18H24N6O. The van der Waals surface area contributed by atoms with Crippen LogP contribution in [0.25, 0.3) is 11.0 Å². The number of rotatable bonds is 8. The van der Waals surface area contributed by atoms with Crippen molar-refractivity contribution < 1.29 is 4.74 Å². The first-order valence-corrected chi connectivity index (χ1v) is 8.16. The summed E-state index contributed by atoms with van der Waals surface area (Å²) in [6.45, 7) is 6.68. The van der Waals surface area contributed by atoms with E-state index < -0.39 is 0 Å². The van der Waals surface area contributed by atoms with Gasteiger partial charge in [-0.25, -0.2) is 15.0 Å². The summed E-state index contributed by atoms with van der Waals surface area (Å²) in [5, 5.41) is 4.15. The van der Waals surface area contributed by atoms with Crippen molar-refractivity contribution in [2.45, 2.75) is 26.4 Å². The Balaban J connectivity index is 2.09. The van der Waals surface area contributed by atoms with Crippen LogP contribution in [0.2, 0.25) is 0 Å². The Morgan fingerprint density at radius 2 is 2.24 bits per heavy atom. The third-order valence-electron chi connectivity index (χ3n) is 3.36. The number of aliphatic imine (C=N–C) groups is 1. The minimum atomic E-state index is 0.176. The monoisotopic (exact) mass is 340 g/mol. The van der Waals surface area contributed by atoms with Crippen molar-refractivity contribution >= 4 is 16.9 Å². The van der Waals surface area contributed by atoms with Gasteiger partial charge < -0.3 is 21.5 Å². The van der Waals surface area contributed by atoms with Gasteiger partial charge in [0.15, 0.2) is 17.2 Å². The molecule has 2 rings (SSSR count). The Bertz CT molecular complexity index is 784. The highest BCUT2D eigenvalue weighted by Gasteiger charge is 2.10. The summed E-state index contributed by atoms with van der Waals surface area (Å²) in [6, 6.07) is 7.68. The minimum Gasteiger partial charge on any atom is -0.482 e. The van der Waals surface area contributed by atoms with Gasteiger partial charge in [-0.15, -0.1) is 0 Å². The van der Waals surface area contributed by atoms with Crippen molar-refractivity contribution in [3.8, 4) is 0 Å². The first kappa shape index (κ1) is 18.3. The van der Waals surface area contributed by atoms with E-state index in [1.165, 1.54) is 6.20 Å². The molecule has 0 amide bonds. The highest BCUT2D eigenvalue weighted by molar-refractivity contribution is 5.97. The number of hydrogen-bond acceptors (Lipinski definition) is 6.